The summed E-state index contributed by atoms with van der Waals surface area (Å²) in [5, 5.41) is 24.3. The minimum atomic E-state index is -1.26. The third-order valence-electron chi connectivity index (χ3n) is 5.54. The SMILES string of the molecule is O=C(CCc1ccccc1)N1C[C@@H](O)[C@](O)(CNCCN2CCCC2)C1. The molecule has 0 aliphatic carbocycles. The third-order valence-corrected chi connectivity index (χ3v) is 5.54. The Labute approximate surface area is 155 Å². The van der Waals surface area contributed by atoms with E-state index in [1.54, 1.807) is 4.90 Å². The van der Waals surface area contributed by atoms with Gasteiger partial charge in [-0.05, 0) is 37.9 Å². The van der Waals surface area contributed by atoms with Crippen LogP contribution in [0.25, 0.3) is 0 Å². The second-order valence-corrected chi connectivity index (χ2v) is 7.60. The zero-order valence-electron chi connectivity index (χ0n) is 15.4. The van der Waals surface area contributed by atoms with Crippen molar-refractivity contribution >= 4 is 5.91 Å². The van der Waals surface area contributed by atoms with E-state index in [9.17, 15) is 15.0 Å². The summed E-state index contributed by atoms with van der Waals surface area (Å²) in [6.45, 7) is 4.76. The molecular weight excluding hydrogens is 330 g/mol. The van der Waals surface area contributed by atoms with Gasteiger partial charge >= 0.3 is 0 Å². The molecule has 6 heteroatoms. The van der Waals surface area contributed by atoms with E-state index in [1.165, 1.54) is 12.8 Å². The summed E-state index contributed by atoms with van der Waals surface area (Å²) in [6, 6.07) is 9.90. The van der Waals surface area contributed by atoms with Crippen LogP contribution in [0.4, 0.5) is 0 Å². The van der Waals surface area contributed by atoms with Crippen molar-refractivity contribution in [2.45, 2.75) is 37.4 Å². The summed E-state index contributed by atoms with van der Waals surface area (Å²) < 4.78 is 0. The van der Waals surface area contributed by atoms with Crippen LogP contribution in [0.1, 0.15) is 24.8 Å². The fourth-order valence-electron chi connectivity index (χ4n) is 3.85. The smallest absolute Gasteiger partial charge is 0.223 e. The lowest BCUT2D eigenvalue weighted by Gasteiger charge is -2.26. The maximum Gasteiger partial charge on any atom is 0.223 e. The average molecular weight is 361 g/mol. The van der Waals surface area contributed by atoms with Crippen molar-refractivity contribution < 1.29 is 15.0 Å². The number of likely N-dealkylation sites (tertiary alicyclic amines) is 2. The first-order chi connectivity index (χ1) is 12.6. The molecule has 6 nitrogen and oxygen atoms in total. The van der Waals surface area contributed by atoms with E-state index in [0.29, 0.717) is 19.4 Å². The van der Waals surface area contributed by atoms with E-state index >= 15 is 0 Å². The second kappa shape index (κ2) is 8.95. The Morgan fingerprint density at radius 2 is 1.96 bits per heavy atom. The highest BCUT2D eigenvalue weighted by molar-refractivity contribution is 5.77. The fourth-order valence-corrected chi connectivity index (χ4v) is 3.85. The predicted octanol–water partition coefficient (Wildman–Crippen LogP) is 0.239. The van der Waals surface area contributed by atoms with Gasteiger partial charge in [0.25, 0.3) is 0 Å². The zero-order valence-corrected chi connectivity index (χ0v) is 15.4. The number of carbonyl (C=O) groups excluding carboxylic acids is 1. The molecule has 2 heterocycles. The molecule has 26 heavy (non-hydrogen) atoms. The molecule has 2 saturated heterocycles. The number of rotatable bonds is 8. The monoisotopic (exact) mass is 361 g/mol. The summed E-state index contributed by atoms with van der Waals surface area (Å²) >= 11 is 0. The van der Waals surface area contributed by atoms with Crippen LogP contribution in [0.15, 0.2) is 30.3 Å². The first-order valence-corrected chi connectivity index (χ1v) is 9.72. The average Bonchev–Trinajstić information content (AvgIpc) is 3.26. The number of carbonyl (C=O) groups is 1. The van der Waals surface area contributed by atoms with Crippen LogP contribution in [0.3, 0.4) is 0 Å². The summed E-state index contributed by atoms with van der Waals surface area (Å²) in [4.78, 5) is 16.4. The highest BCUT2D eigenvalue weighted by Crippen LogP contribution is 2.22. The van der Waals surface area contributed by atoms with Crippen LogP contribution in [-0.2, 0) is 11.2 Å². The molecule has 3 rings (SSSR count). The van der Waals surface area contributed by atoms with Crippen molar-refractivity contribution in [1.29, 1.82) is 0 Å². The molecule has 2 aliphatic rings. The van der Waals surface area contributed by atoms with E-state index in [-0.39, 0.29) is 19.0 Å². The standard InChI is InChI=1S/C20H31N3O3/c24-18-14-23(19(25)9-8-17-6-2-1-3-7-17)16-20(18,26)15-21-10-13-22-11-4-5-12-22/h1-3,6-7,18,21,24,26H,4-5,8-16H2/t18-,20+/m1/s1. The highest BCUT2D eigenvalue weighted by Gasteiger charge is 2.45. The minimum Gasteiger partial charge on any atom is -0.388 e. The molecule has 0 spiro atoms. The Morgan fingerprint density at radius 3 is 2.69 bits per heavy atom. The summed E-state index contributed by atoms with van der Waals surface area (Å²) in [5.74, 6) is -0.0131. The first kappa shape index (κ1) is 19.3. The van der Waals surface area contributed by atoms with Crippen LogP contribution in [0, 0.1) is 0 Å². The molecule has 0 aromatic heterocycles. The number of hydrogen-bond acceptors (Lipinski definition) is 5. The van der Waals surface area contributed by atoms with Gasteiger partial charge in [0.05, 0.1) is 6.54 Å². The van der Waals surface area contributed by atoms with Gasteiger partial charge in [-0.25, -0.2) is 0 Å². The molecular formula is C20H31N3O3. The van der Waals surface area contributed by atoms with Gasteiger partial charge in [0.15, 0.2) is 0 Å². The minimum absolute atomic E-state index is 0.0131. The van der Waals surface area contributed by atoms with Crippen molar-refractivity contribution in [3.8, 4) is 0 Å². The predicted molar refractivity (Wildman–Crippen MR) is 101 cm³/mol. The van der Waals surface area contributed by atoms with Crippen LogP contribution in [0.5, 0.6) is 0 Å². The molecule has 0 radical (unpaired) electrons. The van der Waals surface area contributed by atoms with Crippen LogP contribution >= 0.6 is 0 Å². The Kier molecular flexibility index (Phi) is 6.64. The lowest BCUT2D eigenvalue weighted by Crippen LogP contribution is -2.51. The van der Waals surface area contributed by atoms with Gasteiger partial charge in [0.2, 0.25) is 5.91 Å². The largest absolute Gasteiger partial charge is 0.388 e. The number of amides is 1. The van der Waals surface area contributed by atoms with Crippen molar-refractivity contribution in [3.05, 3.63) is 35.9 Å². The number of hydrogen-bond donors (Lipinski definition) is 3. The molecule has 2 aliphatic heterocycles. The summed E-state index contributed by atoms with van der Waals surface area (Å²) in [7, 11) is 0. The molecule has 0 bridgehead atoms. The summed E-state index contributed by atoms with van der Waals surface area (Å²) in [5.41, 5.74) is -0.132. The molecule has 3 N–H and O–H groups in total. The number of aliphatic hydroxyl groups is 2. The quantitative estimate of drug-likeness (QED) is 0.579. The number of aryl methyl sites for hydroxylation is 1. The summed E-state index contributed by atoms with van der Waals surface area (Å²) in [6.07, 6.45) is 2.71. The molecule has 0 unspecified atom stereocenters. The maximum atomic E-state index is 12.4. The molecule has 1 aromatic rings. The molecule has 0 saturated carbocycles. The van der Waals surface area contributed by atoms with Crippen LogP contribution in [-0.4, -0.2) is 83.4 Å². The number of aliphatic hydroxyl groups excluding tert-OH is 1. The van der Waals surface area contributed by atoms with Gasteiger partial charge < -0.3 is 25.3 Å². The van der Waals surface area contributed by atoms with Gasteiger partial charge in [-0.15, -0.1) is 0 Å². The van der Waals surface area contributed by atoms with Gasteiger partial charge in [0.1, 0.15) is 11.7 Å². The van der Waals surface area contributed by atoms with Crippen molar-refractivity contribution in [2.75, 3.05) is 45.8 Å². The molecule has 1 amide bonds. The molecule has 2 fully saturated rings. The second-order valence-electron chi connectivity index (χ2n) is 7.60. The van der Waals surface area contributed by atoms with Crippen molar-refractivity contribution in [3.63, 3.8) is 0 Å². The first-order valence-electron chi connectivity index (χ1n) is 9.72. The van der Waals surface area contributed by atoms with Crippen LogP contribution < -0.4 is 5.32 Å². The topological polar surface area (TPSA) is 76.0 Å². The maximum absolute atomic E-state index is 12.4. The van der Waals surface area contributed by atoms with E-state index in [1.807, 2.05) is 30.3 Å². The highest BCUT2D eigenvalue weighted by atomic mass is 16.3. The molecule has 144 valence electrons. The van der Waals surface area contributed by atoms with E-state index < -0.39 is 11.7 Å². The Bertz CT molecular complexity index is 577. The van der Waals surface area contributed by atoms with Gasteiger partial charge in [0, 0.05) is 32.6 Å². The molecule has 2 atom stereocenters. The number of nitrogens with zero attached hydrogens (tertiary/aromatic N) is 2. The lowest BCUT2D eigenvalue weighted by atomic mass is 10.0. The van der Waals surface area contributed by atoms with Gasteiger partial charge in [-0.3, -0.25) is 4.79 Å². The Balaban J connectivity index is 1.41. The fraction of sp³-hybridized carbons (Fsp3) is 0.650. The zero-order chi connectivity index (χ0) is 18.4. The normalized spacial score (nSPS) is 26.5. The van der Waals surface area contributed by atoms with Gasteiger partial charge in [-0.2, -0.15) is 0 Å². The Hall–Kier alpha value is -1.47. The van der Waals surface area contributed by atoms with E-state index in [4.69, 9.17) is 0 Å². The van der Waals surface area contributed by atoms with Crippen LogP contribution in [0.2, 0.25) is 0 Å². The number of nitrogens with one attached hydrogen (secondary N) is 1. The lowest BCUT2D eigenvalue weighted by molar-refractivity contribution is -0.131. The third kappa shape index (κ3) is 5.04. The van der Waals surface area contributed by atoms with E-state index in [2.05, 4.69) is 10.2 Å². The van der Waals surface area contributed by atoms with E-state index in [0.717, 1.165) is 31.7 Å². The molecule has 1 aromatic carbocycles. The number of β-amino-alcohol motifs (C(OH)–C–C–N with tert-alkyl or cyclic N) is 2. The number of benzene rings is 1. The van der Waals surface area contributed by atoms with Gasteiger partial charge in [-0.1, -0.05) is 30.3 Å². The van der Waals surface area contributed by atoms with Crippen molar-refractivity contribution in [2.24, 2.45) is 0 Å². The van der Waals surface area contributed by atoms with Crippen molar-refractivity contribution in [1.82, 2.24) is 15.1 Å². The Morgan fingerprint density at radius 1 is 1.23 bits per heavy atom.